The Labute approximate surface area is 182 Å². The molecule has 0 radical (unpaired) electrons. The van der Waals surface area contributed by atoms with Crippen LogP contribution in [0.1, 0.15) is 24.8 Å². The Kier molecular flexibility index (Phi) is 6.32. The second-order valence-corrected chi connectivity index (χ2v) is 8.14. The van der Waals surface area contributed by atoms with Gasteiger partial charge < -0.3 is 15.5 Å². The highest BCUT2D eigenvalue weighted by Crippen LogP contribution is 2.33. The average molecular weight is 447 g/mol. The number of fused-ring (bicyclic) bond motifs is 1. The van der Waals surface area contributed by atoms with Gasteiger partial charge in [0.2, 0.25) is 0 Å². The van der Waals surface area contributed by atoms with Crippen molar-refractivity contribution >= 4 is 10.9 Å². The fourth-order valence-electron chi connectivity index (χ4n) is 4.21. The van der Waals surface area contributed by atoms with Gasteiger partial charge in [-0.25, -0.2) is 4.98 Å². The van der Waals surface area contributed by atoms with E-state index in [4.69, 9.17) is 0 Å². The first-order chi connectivity index (χ1) is 15.2. The minimum atomic E-state index is -4.50. The number of piperidine rings is 1. The summed E-state index contributed by atoms with van der Waals surface area (Å²) in [6, 6.07) is 9.40. The van der Waals surface area contributed by atoms with Crippen LogP contribution in [0, 0.1) is 0 Å². The van der Waals surface area contributed by atoms with Crippen molar-refractivity contribution in [2.24, 2.45) is 0 Å². The van der Waals surface area contributed by atoms with E-state index in [1.54, 1.807) is 18.2 Å². The number of rotatable bonds is 5. The van der Waals surface area contributed by atoms with Crippen molar-refractivity contribution in [1.29, 1.82) is 0 Å². The van der Waals surface area contributed by atoms with E-state index in [1.165, 1.54) is 23.0 Å². The van der Waals surface area contributed by atoms with Gasteiger partial charge in [0.1, 0.15) is 0 Å². The molecule has 2 heterocycles. The Balaban J connectivity index is 1.67. The molecule has 1 saturated heterocycles. The normalized spacial score (nSPS) is 20.4. The second-order valence-electron chi connectivity index (χ2n) is 8.14. The van der Waals surface area contributed by atoms with Crippen molar-refractivity contribution in [3.8, 4) is 11.1 Å². The fraction of sp³-hybridized carbons (Fsp3) is 0.391. The first kappa shape index (κ1) is 22.4. The van der Waals surface area contributed by atoms with E-state index in [0.29, 0.717) is 17.5 Å². The molecule has 32 heavy (non-hydrogen) atoms. The maximum atomic E-state index is 13.2. The average Bonchev–Trinajstić information content (AvgIpc) is 2.76. The van der Waals surface area contributed by atoms with Crippen LogP contribution in [0.2, 0.25) is 0 Å². The Morgan fingerprint density at radius 3 is 2.75 bits per heavy atom. The molecule has 4 rings (SSSR count). The first-order valence-electron chi connectivity index (χ1n) is 10.5. The van der Waals surface area contributed by atoms with Crippen molar-refractivity contribution in [3.05, 3.63) is 64.7 Å². The van der Waals surface area contributed by atoms with Gasteiger partial charge in [0.25, 0.3) is 5.56 Å². The van der Waals surface area contributed by atoms with Gasteiger partial charge in [-0.3, -0.25) is 9.36 Å². The fourth-order valence-corrected chi connectivity index (χ4v) is 4.21. The lowest BCUT2D eigenvalue weighted by Gasteiger charge is -2.30. The monoisotopic (exact) mass is 447 g/mol. The summed E-state index contributed by atoms with van der Waals surface area (Å²) in [5.74, 6) is 0. The first-order valence-corrected chi connectivity index (χ1v) is 10.5. The van der Waals surface area contributed by atoms with Gasteiger partial charge in [-0.15, -0.1) is 0 Å². The van der Waals surface area contributed by atoms with Crippen molar-refractivity contribution in [1.82, 2.24) is 14.9 Å². The van der Waals surface area contributed by atoms with Gasteiger partial charge in [0, 0.05) is 6.04 Å². The van der Waals surface area contributed by atoms with Crippen LogP contribution in [-0.4, -0.2) is 44.6 Å². The highest BCUT2D eigenvalue weighted by Gasteiger charge is 2.30. The van der Waals surface area contributed by atoms with Gasteiger partial charge in [0.05, 0.1) is 41.5 Å². The molecule has 6 nitrogen and oxygen atoms in total. The predicted molar refractivity (Wildman–Crippen MR) is 114 cm³/mol. The summed E-state index contributed by atoms with van der Waals surface area (Å²) in [5, 5.41) is 24.0. The number of aromatic nitrogens is 2. The van der Waals surface area contributed by atoms with Crippen LogP contribution in [0.4, 0.5) is 13.2 Å². The predicted octanol–water partition coefficient (Wildman–Crippen LogP) is 2.95. The molecule has 1 aliphatic heterocycles. The molecule has 1 fully saturated rings. The number of aliphatic hydroxyl groups is 2. The summed E-state index contributed by atoms with van der Waals surface area (Å²) < 4.78 is 40.8. The summed E-state index contributed by atoms with van der Waals surface area (Å²) >= 11 is 0. The van der Waals surface area contributed by atoms with Crippen LogP contribution in [-0.2, 0) is 12.7 Å². The highest BCUT2D eigenvalue weighted by atomic mass is 19.4. The molecule has 2 aromatic carbocycles. The summed E-state index contributed by atoms with van der Waals surface area (Å²) in [5.41, 5.74) is -0.277. The summed E-state index contributed by atoms with van der Waals surface area (Å²) in [7, 11) is 0. The number of hydrogen-bond donors (Lipinski definition) is 3. The molecule has 0 bridgehead atoms. The number of hydrogen-bond acceptors (Lipinski definition) is 5. The molecule has 0 saturated carbocycles. The molecule has 3 atom stereocenters. The van der Waals surface area contributed by atoms with Gasteiger partial charge in [-0.2, -0.15) is 13.2 Å². The van der Waals surface area contributed by atoms with Crippen LogP contribution < -0.4 is 10.9 Å². The lowest BCUT2D eigenvalue weighted by Crippen LogP contribution is -2.47. The second kappa shape index (κ2) is 9.01. The zero-order valence-corrected chi connectivity index (χ0v) is 17.2. The summed E-state index contributed by atoms with van der Waals surface area (Å²) in [6.45, 7) is 0.718. The van der Waals surface area contributed by atoms with Crippen molar-refractivity contribution in [2.75, 3.05) is 6.54 Å². The maximum Gasteiger partial charge on any atom is 0.416 e. The molecule has 0 unspecified atom stereocenters. The lowest BCUT2D eigenvalue weighted by molar-refractivity contribution is -0.137. The van der Waals surface area contributed by atoms with E-state index in [0.717, 1.165) is 25.1 Å². The quantitative estimate of drug-likeness (QED) is 0.560. The minimum absolute atomic E-state index is 0.0381. The molecule has 1 aliphatic rings. The lowest BCUT2D eigenvalue weighted by atomic mass is 9.96. The molecule has 0 aliphatic carbocycles. The molecule has 0 amide bonds. The molecular formula is C23H24F3N3O3. The maximum absolute atomic E-state index is 13.2. The van der Waals surface area contributed by atoms with Crippen molar-refractivity contribution < 1.29 is 23.4 Å². The number of nitrogens with one attached hydrogen (secondary N) is 1. The standard InChI is InChI=1S/C23H24F3N3O3/c24-23(25,26)15-5-1-4-14(10-15)17-6-2-7-18-21(17)22(32)29(13-28-18)12-16(30)11-19-20(31)8-3-9-27-19/h1-2,4-7,10,13,16,19-20,27,30-31H,3,8-9,11-12H2/t16-,19+,20-/m0/s1. The van der Waals surface area contributed by atoms with E-state index in [2.05, 4.69) is 10.3 Å². The van der Waals surface area contributed by atoms with Gasteiger partial charge in [-0.1, -0.05) is 24.3 Å². The number of aliphatic hydroxyl groups excluding tert-OH is 2. The third kappa shape index (κ3) is 4.69. The Morgan fingerprint density at radius 2 is 2.00 bits per heavy atom. The topological polar surface area (TPSA) is 87.4 Å². The number of benzene rings is 2. The van der Waals surface area contributed by atoms with Gasteiger partial charge in [-0.05, 0) is 55.1 Å². The highest BCUT2D eigenvalue weighted by molar-refractivity contribution is 5.93. The number of nitrogens with zero attached hydrogens (tertiary/aromatic N) is 2. The Bertz CT molecular complexity index is 1160. The number of halogens is 3. The van der Waals surface area contributed by atoms with Gasteiger partial charge >= 0.3 is 6.18 Å². The molecule has 0 spiro atoms. The smallest absolute Gasteiger partial charge is 0.392 e. The van der Waals surface area contributed by atoms with E-state index in [-0.39, 0.29) is 30.0 Å². The largest absolute Gasteiger partial charge is 0.416 e. The van der Waals surface area contributed by atoms with Crippen LogP contribution in [0.25, 0.3) is 22.0 Å². The van der Waals surface area contributed by atoms with E-state index >= 15 is 0 Å². The summed E-state index contributed by atoms with van der Waals surface area (Å²) in [6.07, 6.45) is -2.85. The van der Waals surface area contributed by atoms with Crippen LogP contribution in [0.5, 0.6) is 0 Å². The Hall–Kier alpha value is -2.75. The zero-order valence-electron chi connectivity index (χ0n) is 17.2. The molecule has 3 aromatic rings. The van der Waals surface area contributed by atoms with E-state index in [9.17, 15) is 28.2 Å². The molecule has 1 aromatic heterocycles. The zero-order chi connectivity index (χ0) is 22.9. The SMILES string of the molecule is O=c1c2c(-c3cccc(C(F)(F)F)c3)cccc2ncn1C[C@@H](O)C[C@H]1NCCC[C@@H]1O. The third-order valence-corrected chi connectivity index (χ3v) is 5.84. The number of alkyl halides is 3. The molecule has 3 N–H and O–H groups in total. The van der Waals surface area contributed by atoms with Crippen LogP contribution in [0.15, 0.2) is 53.6 Å². The van der Waals surface area contributed by atoms with E-state index < -0.39 is 29.5 Å². The van der Waals surface area contributed by atoms with Crippen molar-refractivity contribution in [2.45, 2.75) is 50.2 Å². The third-order valence-electron chi connectivity index (χ3n) is 5.84. The molecule has 170 valence electrons. The Morgan fingerprint density at radius 1 is 1.22 bits per heavy atom. The minimum Gasteiger partial charge on any atom is -0.392 e. The molecular weight excluding hydrogens is 423 g/mol. The van der Waals surface area contributed by atoms with Crippen LogP contribution in [0.3, 0.4) is 0 Å². The van der Waals surface area contributed by atoms with Crippen LogP contribution >= 0.6 is 0 Å². The molecule has 9 heteroatoms. The summed E-state index contributed by atoms with van der Waals surface area (Å²) in [4.78, 5) is 17.5. The van der Waals surface area contributed by atoms with E-state index in [1.807, 2.05) is 0 Å². The van der Waals surface area contributed by atoms with Gasteiger partial charge in [0.15, 0.2) is 0 Å². The van der Waals surface area contributed by atoms with Crippen molar-refractivity contribution in [3.63, 3.8) is 0 Å².